The number of allylic oxidation sites excluding steroid dienone is 4. The molecule has 39 heavy (non-hydrogen) atoms. The molecule has 0 amide bonds. The molecule has 0 fully saturated rings. The molecule has 5 rings (SSSR count). The summed E-state index contributed by atoms with van der Waals surface area (Å²) in [4.78, 5) is 0. The molecule has 1 atom stereocenters. The summed E-state index contributed by atoms with van der Waals surface area (Å²) in [5, 5.41) is 0. The van der Waals surface area contributed by atoms with Crippen molar-refractivity contribution in [2.45, 2.75) is 72.4 Å². The average molecular weight is 637 g/mol. The Morgan fingerprint density at radius 1 is 0.769 bits per heavy atom. The van der Waals surface area contributed by atoms with E-state index in [0.29, 0.717) is 9.54 Å². The van der Waals surface area contributed by atoms with Gasteiger partial charge in [0.15, 0.2) is 0 Å². The fraction of sp³-hybridized carbons (Fsp3) is 0.361. The van der Waals surface area contributed by atoms with Crippen molar-refractivity contribution in [3.05, 3.63) is 115 Å². The summed E-state index contributed by atoms with van der Waals surface area (Å²) in [6.07, 6.45) is 6.46. The number of fused-ring (bicyclic) bond motifs is 3. The third-order valence-corrected chi connectivity index (χ3v) is 17.3. The van der Waals surface area contributed by atoms with E-state index in [1.165, 1.54) is 50.9 Å². The van der Waals surface area contributed by atoms with Crippen LogP contribution in [-0.2, 0) is 21.3 Å². The Bertz CT molecular complexity index is 1430. The zero-order valence-electron chi connectivity index (χ0n) is 25.0. The molecule has 0 radical (unpaired) electrons. The van der Waals surface area contributed by atoms with Crippen molar-refractivity contribution in [3.63, 3.8) is 0 Å². The van der Waals surface area contributed by atoms with Crippen LogP contribution in [0.2, 0.25) is 0 Å². The second-order valence-electron chi connectivity index (χ2n) is 12.4. The van der Waals surface area contributed by atoms with E-state index in [1.54, 1.807) is 17.6 Å². The first-order valence-electron chi connectivity index (χ1n) is 13.9. The fourth-order valence-electron chi connectivity index (χ4n) is 6.25. The average Bonchev–Trinajstić information content (AvgIpc) is 3.41. The van der Waals surface area contributed by atoms with Gasteiger partial charge in [0.1, 0.15) is 0 Å². The minimum absolute atomic E-state index is 0. The third-order valence-electron chi connectivity index (χ3n) is 8.85. The fourth-order valence-corrected chi connectivity index (χ4v) is 15.5. The van der Waals surface area contributed by atoms with Crippen molar-refractivity contribution < 1.29 is 46.1 Å². The predicted octanol–water partition coefficient (Wildman–Crippen LogP) is 3.75. The van der Waals surface area contributed by atoms with Crippen LogP contribution in [0.1, 0.15) is 83.6 Å². The Balaban J connectivity index is 0.00000210. The Labute approximate surface area is 257 Å². The van der Waals surface area contributed by atoms with Crippen molar-refractivity contribution in [2.75, 3.05) is 0 Å². The van der Waals surface area contributed by atoms with E-state index in [-0.39, 0.29) is 30.2 Å². The molecular formula is C36H42Cl2Zr. The molecule has 0 nitrogen and oxygen atoms in total. The normalized spacial score (nSPS) is 16.4. The van der Waals surface area contributed by atoms with E-state index >= 15 is 0 Å². The van der Waals surface area contributed by atoms with Gasteiger partial charge in [-0.15, -0.1) is 0 Å². The van der Waals surface area contributed by atoms with E-state index in [1.807, 2.05) is 0 Å². The van der Waals surface area contributed by atoms with Gasteiger partial charge in [-0.05, 0) is 0 Å². The number of halogens is 2. The van der Waals surface area contributed by atoms with Crippen LogP contribution in [0, 0.1) is 39.0 Å². The molecule has 0 heterocycles. The van der Waals surface area contributed by atoms with Gasteiger partial charge in [0, 0.05) is 0 Å². The zero-order chi connectivity index (χ0) is 26.6. The summed E-state index contributed by atoms with van der Waals surface area (Å²) in [5.74, 6) is 0.563. The summed E-state index contributed by atoms with van der Waals surface area (Å²) >= 11 is -2.49. The van der Waals surface area contributed by atoms with Crippen LogP contribution in [0.4, 0.5) is 0 Å². The quantitative estimate of drug-likeness (QED) is 0.410. The minimum Gasteiger partial charge on any atom is -1.00 e. The Hall–Kier alpha value is -1.53. The van der Waals surface area contributed by atoms with Crippen molar-refractivity contribution >= 4 is 3.21 Å². The van der Waals surface area contributed by atoms with Gasteiger partial charge in [0.05, 0.1) is 0 Å². The van der Waals surface area contributed by atoms with Crippen molar-refractivity contribution in [3.8, 4) is 11.1 Å². The number of hydrogen-bond acceptors (Lipinski definition) is 0. The summed E-state index contributed by atoms with van der Waals surface area (Å²) in [7, 11) is 0. The molecule has 0 spiro atoms. The maximum Gasteiger partial charge on any atom is -1.00 e. The van der Waals surface area contributed by atoms with Crippen molar-refractivity contribution in [1.29, 1.82) is 0 Å². The molecule has 204 valence electrons. The maximum atomic E-state index is 2.66. The van der Waals surface area contributed by atoms with Crippen LogP contribution in [0.3, 0.4) is 0 Å². The molecule has 0 saturated heterocycles. The van der Waals surface area contributed by atoms with E-state index < -0.39 is 21.3 Å². The Morgan fingerprint density at radius 3 is 1.72 bits per heavy atom. The first-order chi connectivity index (χ1) is 17.5. The van der Waals surface area contributed by atoms with Gasteiger partial charge >= 0.3 is 234 Å². The zero-order valence-corrected chi connectivity index (χ0v) is 28.9. The molecule has 2 aliphatic rings. The molecule has 3 heteroatoms. The van der Waals surface area contributed by atoms with Gasteiger partial charge in [-0.3, -0.25) is 0 Å². The molecular weight excluding hydrogens is 595 g/mol. The second kappa shape index (κ2) is 12.1. The molecule has 0 bridgehead atoms. The number of rotatable bonds is 4. The Morgan fingerprint density at radius 2 is 1.26 bits per heavy atom. The molecule has 2 aliphatic carbocycles. The minimum atomic E-state index is -2.49. The SMILES string of the molecule is CCC1C=C(C(C)(C)C)C=[C]1/[Zr+2](=[C](/C)c1ccccc1)[CH]1c2cc(C)c(C)cc2-c2cc(C)c(C)cc21.[Cl-].[Cl-]. The van der Waals surface area contributed by atoms with Crippen LogP contribution in [0.25, 0.3) is 11.1 Å². The van der Waals surface area contributed by atoms with Crippen molar-refractivity contribution in [1.82, 2.24) is 0 Å². The smallest absolute Gasteiger partial charge is 1.00 e. The number of benzene rings is 3. The summed E-state index contributed by atoms with van der Waals surface area (Å²) in [5.41, 5.74) is 15.0. The molecule has 3 aromatic carbocycles. The van der Waals surface area contributed by atoms with E-state index in [9.17, 15) is 0 Å². The molecule has 0 aromatic heterocycles. The van der Waals surface area contributed by atoms with Gasteiger partial charge in [-0.25, -0.2) is 0 Å². The van der Waals surface area contributed by atoms with E-state index in [2.05, 4.69) is 129 Å². The molecule has 0 saturated carbocycles. The van der Waals surface area contributed by atoms with E-state index in [0.717, 1.165) is 0 Å². The molecule has 1 unspecified atom stereocenters. The first-order valence-corrected chi connectivity index (χ1v) is 17.8. The van der Waals surface area contributed by atoms with Crippen molar-refractivity contribution in [2.24, 2.45) is 11.3 Å². The predicted molar refractivity (Wildman–Crippen MR) is 158 cm³/mol. The van der Waals surface area contributed by atoms with Crippen LogP contribution in [0.15, 0.2) is 75.6 Å². The Kier molecular flexibility index (Phi) is 9.96. The second-order valence-corrected chi connectivity index (χ2v) is 19.1. The summed E-state index contributed by atoms with van der Waals surface area (Å²) in [6.45, 7) is 21.1. The monoisotopic (exact) mass is 634 g/mol. The molecule has 3 aromatic rings. The number of aryl methyl sites for hydroxylation is 4. The van der Waals surface area contributed by atoms with Crippen LogP contribution >= 0.6 is 0 Å². The topological polar surface area (TPSA) is 0 Å². The summed E-state index contributed by atoms with van der Waals surface area (Å²) < 4.78 is 3.98. The molecule has 0 aliphatic heterocycles. The van der Waals surface area contributed by atoms with Gasteiger partial charge in [0.25, 0.3) is 0 Å². The first kappa shape index (κ1) is 32.0. The third kappa shape index (κ3) is 5.80. The van der Waals surface area contributed by atoms with E-state index in [4.69, 9.17) is 0 Å². The molecule has 0 N–H and O–H groups in total. The van der Waals surface area contributed by atoms with Gasteiger partial charge in [-0.1, -0.05) is 0 Å². The van der Waals surface area contributed by atoms with Gasteiger partial charge in [-0.2, -0.15) is 0 Å². The standard InChI is InChI=1S/C17H17.C11H17.C8H8.2ClH.Zr/c1-10-5-14-9-15-6-11(2)13(4)8-17(15)16(14)7-12(10)3;1-5-9-6-7-10(8-9)11(2,3)4;1-2-8-6-4-3-5-7-8;;;/h5-9H,1-4H3;7-9H,5H2,1-4H3;3-7H,1H3;2*1H;/q;;;;;+2/p-2. The van der Waals surface area contributed by atoms with Crippen LogP contribution in [0.5, 0.6) is 0 Å². The van der Waals surface area contributed by atoms with Gasteiger partial charge < -0.3 is 24.8 Å². The van der Waals surface area contributed by atoms with Crippen LogP contribution in [-0.4, -0.2) is 3.21 Å². The largest absolute Gasteiger partial charge is 1.00 e. The number of hydrogen-bond donors (Lipinski definition) is 0. The van der Waals surface area contributed by atoms with Crippen LogP contribution < -0.4 is 24.8 Å². The summed E-state index contributed by atoms with van der Waals surface area (Å²) in [6, 6.07) is 21.4. The van der Waals surface area contributed by atoms with Gasteiger partial charge in [0.2, 0.25) is 0 Å². The maximum absolute atomic E-state index is 2.66.